The fraction of sp³-hybridized carbons (Fsp3) is 0.667. The number of aryl methyl sites for hydroxylation is 1. The molecule has 0 bridgehead atoms. The van der Waals surface area contributed by atoms with Crippen molar-refractivity contribution in [1.82, 2.24) is 14.8 Å². The van der Waals surface area contributed by atoms with Crippen LogP contribution >= 0.6 is 22.6 Å². The maximum atomic E-state index is 3.32. The van der Waals surface area contributed by atoms with Crippen molar-refractivity contribution < 1.29 is 0 Å². The van der Waals surface area contributed by atoms with E-state index in [-0.39, 0.29) is 0 Å². The highest BCUT2D eigenvalue weighted by Crippen LogP contribution is 2.09. The number of nitrogens with one attached hydrogen (secondary N) is 1. The molecule has 1 aromatic rings. The summed E-state index contributed by atoms with van der Waals surface area (Å²) in [5, 5.41) is 0. The molecule has 2 heterocycles. The lowest BCUT2D eigenvalue weighted by atomic mass is 10.2. The molecule has 3 nitrogen and oxygen atoms in total. The summed E-state index contributed by atoms with van der Waals surface area (Å²) in [6.45, 7) is 6.15. The Kier molecular flexibility index (Phi) is 4.66. The lowest BCUT2D eigenvalue weighted by Crippen LogP contribution is -2.44. The van der Waals surface area contributed by atoms with Crippen LogP contribution in [0.25, 0.3) is 0 Å². The van der Waals surface area contributed by atoms with Gasteiger partial charge in [0, 0.05) is 41.6 Å². The van der Waals surface area contributed by atoms with Gasteiger partial charge in [-0.25, -0.2) is 0 Å². The van der Waals surface area contributed by atoms with Gasteiger partial charge in [-0.05, 0) is 55.1 Å². The average Bonchev–Trinajstić information content (AvgIpc) is 2.67. The standard InChI is InChI=1S/C12H20IN3/c1-15-5-7-16(8-6-15)4-2-3-12-9-11(13)10-14-12/h9-10,14H,2-8H2,1H3. The molecule has 0 saturated carbocycles. The molecule has 1 saturated heterocycles. The Morgan fingerprint density at radius 1 is 1.31 bits per heavy atom. The second kappa shape index (κ2) is 6.02. The van der Waals surface area contributed by atoms with Gasteiger partial charge < -0.3 is 14.8 Å². The molecule has 0 amide bonds. The molecule has 4 heteroatoms. The third-order valence-electron chi connectivity index (χ3n) is 3.22. The van der Waals surface area contributed by atoms with Gasteiger partial charge in [-0.15, -0.1) is 0 Å². The summed E-state index contributed by atoms with van der Waals surface area (Å²) in [7, 11) is 2.21. The second-order valence-electron chi connectivity index (χ2n) is 4.59. The van der Waals surface area contributed by atoms with Crippen molar-refractivity contribution in [3.05, 3.63) is 21.5 Å². The van der Waals surface area contributed by atoms with Crippen molar-refractivity contribution in [3.8, 4) is 0 Å². The number of halogens is 1. The fourth-order valence-corrected chi connectivity index (χ4v) is 2.65. The Balaban J connectivity index is 1.64. The van der Waals surface area contributed by atoms with Crippen LogP contribution in [0.1, 0.15) is 12.1 Å². The van der Waals surface area contributed by atoms with Gasteiger partial charge in [0.25, 0.3) is 0 Å². The summed E-state index contributed by atoms with van der Waals surface area (Å²) in [4.78, 5) is 8.30. The number of piperazine rings is 1. The van der Waals surface area contributed by atoms with E-state index in [1.54, 1.807) is 0 Å². The van der Waals surface area contributed by atoms with Crippen LogP contribution in [-0.2, 0) is 6.42 Å². The predicted molar refractivity (Wildman–Crippen MR) is 75.8 cm³/mol. The highest BCUT2D eigenvalue weighted by Gasteiger charge is 2.12. The summed E-state index contributed by atoms with van der Waals surface area (Å²) in [5.41, 5.74) is 1.37. The molecule has 0 atom stereocenters. The van der Waals surface area contributed by atoms with E-state index >= 15 is 0 Å². The van der Waals surface area contributed by atoms with E-state index in [9.17, 15) is 0 Å². The second-order valence-corrected chi connectivity index (χ2v) is 5.84. The van der Waals surface area contributed by atoms with Crippen LogP contribution in [0.3, 0.4) is 0 Å². The zero-order chi connectivity index (χ0) is 11.4. The van der Waals surface area contributed by atoms with Gasteiger partial charge >= 0.3 is 0 Å². The molecular formula is C12H20IN3. The monoisotopic (exact) mass is 333 g/mol. The summed E-state index contributed by atoms with van der Waals surface area (Å²) >= 11 is 2.35. The highest BCUT2D eigenvalue weighted by molar-refractivity contribution is 14.1. The minimum absolute atomic E-state index is 1.18. The first-order valence-corrected chi connectivity index (χ1v) is 7.05. The van der Waals surface area contributed by atoms with Gasteiger partial charge in [0.2, 0.25) is 0 Å². The SMILES string of the molecule is CN1CCN(CCCc2cc(I)c[nH]2)CC1. The number of nitrogens with zero attached hydrogens (tertiary/aromatic N) is 2. The van der Waals surface area contributed by atoms with Crippen LogP contribution < -0.4 is 0 Å². The minimum Gasteiger partial charge on any atom is -0.364 e. The molecule has 1 N–H and O–H groups in total. The Morgan fingerprint density at radius 3 is 2.69 bits per heavy atom. The predicted octanol–water partition coefficient (Wildman–Crippen LogP) is 1.80. The number of rotatable bonds is 4. The molecule has 0 unspecified atom stereocenters. The van der Waals surface area contributed by atoms with E-state index < -0.39 is 0 Å². The van der Waals surface area contributed by atoms with Gasteiger partial charge in [-0.1, -0.05) is 0 Å². The van der Waals surface area contributed by atoms with Crippen LogP contribution in [0, 0.1) is 3.57 Å². The molecule has 1 fully saturated rings. The van der Waals surface area contributed by atoms with Crippen LogP contribution in [0.2, 0.25) is 0 Å². The van der Waals surface area contributed by atoms with Crippen molar-refractivity contribution in [2.45, 2.75) is 12.8 Å². The lowest BCUT2D eigenvalue weighted by Gasteiger charge is -2.32. The molecule has 0 radical (unpaired) electrons. The third-order valence-corrected chi connectivity index (χ3v) is 3.85. The molecule has 1 aromatic heterocycles. The maximum Gasteiger partial charge on any atom is 0.0307 e. The molecular weight excluding hydrogens is 313 g/mol. The Labute approximate surface area is 111 Å². The maximum absolute atomic E-state index is 3.32. The van der Waals surface area contributed by atoms with E-state index in [0.717, 1.165) is 0 Å². The molecule has 0 aromatic carbocycles. The van der Waals surface area contributed by atoms with Crippen LogP contribution in [0.4, 0.5) is 0 Å². The first kappa shape index (κ1) is 12.4. The Hall–Kier alpha value is -0.0700. The summed E-state index contributed by atoms with van der Waals surface area (Å²) in [6, 6.07) is 2.24. The van der Waals surface area contributed by atoms with Crippen LogP contribution in [-0.4, -0.2) is 54.6 Å². The first-order chi connectivity index (χ1) is 7.74. The fourth-order valence-electron chi connectivity index (χ4n) is 2.12. The Bertz CT molecular complexity index is 316. The van der Waals surface area contributed by atoms with Gasteiger partial charge in [0.15, 0.2) is 0 Å². The smallest absolute Gasteiger partial charge is 0.0307 e. The zero-order valence-corrected chi connectivity index (χ0v) is 12.0. The van der Waals surface area contributed by atoms with E-state index in [1.165, 1.54) is 54.8 Å². The first-order valence-electron chi connectivity index (χ1n) is 5.98. The number of hydrogen-bond donors (Lipinski definition) is 1. The lowest BCUT2D eigenvalue weighted by molar-refractivity contribution is 0.153. The van der Waals surface area contributed by atoms with E-state index in [0.29, 0.717) is 0 Å². The molecule has 2 rings (SSSR count). The third kappa shape index (κ3) is 3.75. The van der Waals surface area contributed by atoms with Gasteiger partial charge in [0.05, 0.1) is 0 Å². The zero-order valence-electron chi connectivity index (χ0n) is 9.88. The molecule has 0 aliphatic carbocycles. The van der Waals surface area contributed by atoms with Crippen molar-refractivity contribution >= 4 is 22.6 Å². The van der Waals surface area contributed by atoms with Crippen molar-refractivity contribution in [3.63, 3.8) is 0 Å². The normalized spacial score (nSPS) is 19.1. The van der Waals surface area contributed by atoms with E-state index in [1.807, 2.05) is 0 Å². The number of aromatic amines is 1. The molecule has 1 aliphatic heterocycles. The highest BCUT2D eigenvalue weighted by atomic mass is 127. The topological polar surface area (TPSA) is 22.3 Å². The molecule has 1 aliphatic rings. The Morgan fingerprint density at radius 2 is 2.06 bits per heavy atom. The van der Waals surface area contributed by atoms with Crippen molar-refractivity contribution in [1.29, 1.82) is 0 Å². The molecule has 16 heavy (non-hydrogen) atoms. The van der Waals surface area contributed by atoms with E-state index in [4.69, 9.17) is 0 Å². The molecule has 0 spiro atoms. The van der Waals surface area contributed by atoms with Gasteiger partial charge in [-0.2, -0.15) is 0 Å². The summed E-state index contributed by atoms with van der Waals surface area (Å²) < 4.78 is 1.31. The van der Waals surface area contributed by atoms with Crippen LogP contribution in [0.5, 0.6) is 0 Å². The average molecular weight is 333 g/mol. The quantitative estimate of drug-likeness (QED) is 0.849. The van der Waals surface area contributed by atoms with Gasteiger partial charge in [0.1, 0.15) is 0 Å². The summed E-state index contributed by atoms with van der Waals surface area (Å²) in [5.74, 6) is 0. The molecule has 90 valence electrons. The van der Waals surface area contributed by atoms with Gasteiger partial charge in [-0.3, -0.25) is 0 Å². The summed E-state index contributed by atoms with van der Waals surface area (Å²) in [6.07, 6.45) is 4.52. The van der Waals surface area contributed by atoms with Crippen molar-refractivity contribution in [2.24, 2.45) is 0 Å². The van der Waals surface area contributed by atoms with Crippen molar-refractivity contribution in [2.75, 3.05) is 39.8 Å². The minimum atomic E-state index is 1.18. The number of hydrogen-bond acceptors (Lipinski definition) is 2. The van der Waals surface area contributed by atoms with Crippen LogP contribution in [0.15, 0.2) is 12.3 Å². The number of aromatic nitrogens is 1. The largest absolute Gasteiger partial charge is 0.364 e. The van der Waals surface area contributed by atoms with E-state index in [2.05, 4.69) is 56.7 Å². The number of likely N-dealkylation sites (N-methyl/N-ethyl adjacent to an activating group) is 1. The number of H-pyrrole nitrogens is 1.